The highest BCUT2D eigenvalue weighted by Crippen LogP contribution is 2.55. The van der Waals surface area contributed by atoms with Gasteiger partial charge in [-0.05, 0) is 69.6 Å². The molecule has 2 rings (SSSR count). The Morgan fingerprint density at radius 3 is 2.62 bits per heavy atom. The van der Waals surface area contributed by atoms with E-state index in [9.17, 15) is 5.11 Å². The second-order valence-electron chi connectivity index (χ2n) is 6.74. The lowest BCUT2D eigenvalue weighted by molar-refractivity contribution is -0.0425. The van der Waals surface area contributed by atoms with Gasteiger partial charge in [-0.1, -0.05) is 19.1 Å². The standard InChI is InChI=1S/C15H26O/c1-11-6-5-7-12-8-9-13(14(2,3)16)10-15(11,12)4/h12-13,16H,1,5-10H2,2-4H3. The molecule has 0 amide bonds. The van der Waals surface area contributed by atoms with Gasteiger partial charge in [0.15, 0.2) is 0 Å². The second-order valence-corrected chi connectivity index (χ2v) is 6.74. The molecule has 0 radical (unpaired) electrons. The molecule has 2 fully saturated rings. The summed E-state index contributed by atoms with van der Waals surface area (Å²) in [7, 11) is 0. The molecule has 2 saturated carbocycles. The van der Waals surface area contributed by atoms with Crippen LogP contribution in [0.1, 0.15) is 59.3 Å². The smallest absolute Gasteiger partial charge is 0.0620 e. The molecule has 2 aliphatic carbocycles. The fourth-order valence-electron chi connectivity index (χ4n) is 3.85. The summed E-state index contributed by atoms with van der Waals surface area (Å²) in [5.41, 5.74) is 1.23. The Balaban J connectivity index is 2.18. The average molecular weight is 222 g/mol. The van der Waals surface area contributed by atoms with E-state index < -0.39 is 5.60 Å². The first-order valence-electron chi connectivity index (χ1n) is 6.74. The molecule has 3 unspecified atom stereocenters. The number of rotatable bonds is 1. The molecule has 0 bridgehead atoms. The number of fused-ring (bicyclic) bond motifs is 1. The summed E-state index contributed by atoms with van der Waals surface area (Å²) in [5, 5.41) is 10.2. The lowest BCUT2D eigenvalue weighted by Gasteiger charge is -2.51. The summed E-state index contributed by atoms with van der Waals surface area (Å²) in [6.07, 6.45) is 7.51. The van der Waals surface area contributed by atoms with Crippen LogP contribution >= 0.6 is 0 Å². The average Bonchev–Trinajstić information content (AvgIpc) is 2.17. The van der Waals surface area contributed by atoms with Crippen LogP contribution in [0, 0.1) is 17.3 Å². The van der Waals surface area contributed by atoms with Crippen molar-refractivity contribution in [2.75, 3.05) is 0 Å². The summed E-state index contributed by atoms with van der Waals surface area (Å²) < 4.78 is 0. The van der Waals surface area contributed by atoms with Gasteiger partial charge in [-0.3, -0.25) is 0 Å². The Morgan fingerprint density at radius 1 is 1.31 bits per heavy atom. The third-order valence-corrected chi connectivity index (χ3v) is 5.27. The van der Waals surface area contributed by atoms with Crippen molar-refractivity contribution in [3.8, 4) is 0 Å². The number of aliphatic hydroxyl groups is 1. The van der Waals surface area contributed by atoms with E-state index in [0.717, 1.165) is 12.3 Å². The zero-order chi connectivity index (χ0) is 12.0. The molecule has 1 N–H and O–H groups in total. The lowest BCUT2D eigenvalue weighted by atomic mass is 9.54. The SMILES string of the molecule is C=C1CCCC2CCC(C(C)(C)O)CC12C. The fourth-order valence-corrected chi connectivity index (χ4v) is 3.85. The highest BCUT2D eigenvalue weighted by Gasteiger charge is 2.46. The molecular weight excluding hydrogens is 196 g/mol. The minimum atomic E-state index is -0.522. The summed E-state index contributed by atoms with van der Waals surface area (Å²) in [6, 6.07) is 0. The van der Waals surface area contributed by atoms with Gasteiger partial charge in [0.05, 0.1) is 5.60 Å². The van der Waals surface area contributed by atoms with E-state index in [2.05, 4.69) is 13.5 Å². The third-order valence-electron chi connectivity index (χ3n) is 5.27. The number of hydrogen-bond acceptors (Lipinski definition) is 1. The van der Waals surface area contributed by atoms with Crippen molar-refractivity contribution in [1.82, 2.24) is 0 Å². The fraction of sp³-hybridized carbons (Fsp3) is 0.867. The van der Waals surface area contributed by atoms with Crippen molar-refractivity contribution in [1.29, 1.82) is 0 Å². The molecule has 3 atom stereocenters. The first kappa shape index (κ1) is 12.2. The predicted molar refractivity (Wildman–Crippen MR) is 68.2 cm³/mol. The first-order chi connectivity index (χ1) is 7.34. The minimum absolute atomic E-state index is 0.307. The number of hydrogen-bond donors (Lipinski definition) is 1. The predicted octanol–water partition coefficient (Wildman–Crippen LogP) is 3.92. The van der Waals surface area contributed by atoms with Gasteiger partial charge in [-0.25, -0.2) is 0 Å². The van der Waals surface area contributed by atoms with Crippen molar-refractivity contribution < 1.29 is 5.11 Å². The van der Waals surface area contributed by atoms with E-state index in [-0.39, 0.29) is 0 Å². The van der Waals surface area contributed by atoms with Crippen LogP contribution in [-0.2, 0) is 0 Å². The van der Waals surface area contributed by atoms with Gasteiger partial charge in [-0.2, -0.15) is 0 Å². The van der Waals surface area contributed by atoms with Gasteiger partial charge in [0.2, 0.25) is 0 Å². The second kappa shape index (κ2) is 3.87. The number of allylic oxidation sites excluding steroid dienone is 1. The first-order valence-corrected chi connectivity index (χ1v) is 6.74. The Hall–Kier alpha value is -0.300. The van der Waals surface area contributed by atoms with Crippen molar-refractivity contribution in [2.24, 2.45) is 17.3 Å². The molecule has 0 heterocycles. The molecular formula is C15H26O. The van der Waals surface area contributed by atoms with E-state index in [1.54, 1.807) is 0 Å². The monoisotopic (exact) mass is 222 g/mol. The summed E-state index contributed by atoms with van der Waals surface area (Å²) >= 11 is 0. The molecule has 16 heavy (non-hydrogen) atoms. The van der Waals surface area contributed by atoms with Crippen LogP contribution in [0.3, 0.4) is 0 Å². The Morgan fingerprint density at radius 2 is 2.00 bits per heavy atom. The zero-order valence-corrected chi connectivity index (χ0v) is 11.1. The van der Waals surface area contributed by atoms with Crippen LogP contribution in [0.2, 0.25) is 0 Å². The summed E-state index contributed by atoms with van der Waals surface area (Å²) in [6.45, 7) is 10.6. The van der Waals surface area contributed by atoms with Crippen LogP contribution in [0.15, 0.2) is 12.2 Å². The van der Waals surface area contributed by atoms with Crippen LogP contribution in [-0.4, -0.2) is 10.7 Å². The van der Waals surface area contributed by atoms with E-state index in [1.165, 1.54) is 37.7 Å². The molecule has 0 aromatic carbocycles. The quantitative estimate of drug-likeness (QED) is 0.667. The van der Waals surface area contributed by atoms with Crippen molar-refractivity contribution in [3.63, 3.8) is 0 Å². The van der Waals surface area contributed by atoms with Gasteiger partial charge in [0, 0.05) is 0 Å². The summed E-state index contributed by atoms with van der Waals surface area (Å²) in [5.74, 6) is 1.27. The maximum atomic E-state index is 10.2. The van der Waals surface area contributed by atoms with Crippen molar-refractivity contribution in [2.45, 2.75) is 64.9 Å². The maximum Gasteiger partial charge on any atom is 0.0620 e. The Labute approximate surface area is 99.9 Å². The largest absolute Gasteiger partial charge is 0.390 e. The molecule has 0 saturated heterocycles. The molecule has 2 aliphatic rings. The molecule has 1 heteroatoms. The van der Waals surface area contributed by atoms with Gasteiger partial charge >= 0.3 is 0 Å². The van der Waals surface area contributed by atoms with Crippen molar-refractivity contribution in [3.05, 3.63) is 12.2 Å². The molecule has 0 aromatic rings. The third kappa shape index (κ3) is 1.95. The van der Waals surface area contributed by atoms with E-state index in [4.69, 9.17) is 0 Å². The molecule has 0 aliphatic heterocycles. The lowest BCUT2D eigenvalue weighted by Crippen LogP contribution is -2.44. The van der Waals surface area contributed by atoms with Crippen LogP contribution < -0.4 is 0 Å². The van der Waals surface area contributed by atoms with Crippen LogP contribution in [0.4, 0.5) is 0 Å². The highest BCUT2D eigenvalue weighted by atomic mass is 16.3. The van der Waals surface area contributed by atoms with E-state index in [1.807, 2.05) is 13.8 Å². The van der Waals surface area contributed by atoms with Crippen LogP contribution in [0.5, 0.6) is 0 Å². The minimum Gasteiger partial charge on any atom is -0.390 e. The molecule has 92 valence electrons. The zero-order valence-electron chi connectivity index (χ0n) is 11.1. The Kier molecular flexibility index (Phi) is 2.94. The Bertz CT molecular complexity index is 286. The van der Waals surface area contributed by atoms with E-state index in [0.29, 0.717) is 11.3 Å². The topological polar surface area (TPSA) is 20.2 Å². The van der Waals surface area contributed by atoms with Gasteiger partial charge < -0.3 is 5.11 Å². The molecule has 1 nitrogen and oxygen atoms in total. The van der Waals surface area contributed by atoms with Gasteiger partial charge in [0.25, 0.3) is 0 Å². The molecule has 0 spiro atoms. The van der Waals surface area contributed by atoms with Gasteiger partial charge in [0.1, 0.15) is 0 Å². The molecule has 0 aromatic heterocycles. The summed E-state index contributed by atoms with van der Waals surface area (Å²) in [4.78, 5) is 0. The van der Waals surface area contributed by atoms with Crippen LogP contribution in [0.25, 0.3) is 0 Å². The van der Waals surface area contributed by atoms with Gasteiger partial charge in [-0.15, -0.1) is 0 Å². The van der Waals surface area contributed by atoms with E-state index >= 15 is 0 Å². The van der Waals surface area contributed by atoms with Crippen molar-refractivity contribution >= 4 is 0 Å². The highest BCUT2D eigenvalue weighted by molar-refractivity contribution is 5.16. The normalized spacial score (nSPS) is 40.6. The maximum absolute atomic E-state index is 10.2.